The lowest BCUT2D eigenvalue weighted by Gasteiger charge is -2.25. The highest BCUT2D eigenvalue weighted by molar-refractivity contribution is 5.02. The Morgan fingerprint density at radius 2 is 1.92 bits per heavy atom. The highest BCUT2D eigenvalue weighted by Crippen LogP contribution is 2.52. The molecule has 2 aliphatic rings. The molecule has 0 aromatic heterocycles. The minimum atomic E-state index is -0.0926. The normalized spacial score (nSPS) is 30.5. The molecule has 0 spiro atoms. The van der Waals surface area contributed by atoms with Gasteiger partial charge in [-0.2, -0.15) is 0 Å². The van der Waals surface area contributed by atoms with Crippen LogP contribution in [0.4, 0.5) is 0 Å². The topological polar surface area (TPSA) is 46.2 Å². The van der Waals surface area contributed by atoms with E-state index in [2.05, 4.69) is 0 Å². The second-order valence-corrected chi connectivity index (χ2v) is 4.56. The first-order valence-electron chi connectivity index (χ1n) is 5.17. The molecule has 0 unspecified atom stereocenters. The Bertz CT molecular complexity index is 159. The van der Waals surface area contributed by atoms with Gasteiger partial charge in [-0.05, 0) is 31.6 Å². The molecule has 0 aliphatic heterocycles. The molecule has 70 valence electrons. The Kier molecular flexibility index (Phi) is 2.13. The molecule has 2 fully saturated rings. The summed E-state index contributed by atoms with van der Waals surface area (Å²) in [6.07, 6.45) is 7.28. The van der Waals surface area contributed by atoms with Gasteiger partial charge in [0.25, 0.3) is 0 Å². The van der Waals surface area contributed by atoms with E-state index in [9.17, 15) is 5.11 Å². The largest absolute Gasteiger partial charge is 0.392 e. The maximum atomic E-state index is 10.1. The van der Waals surface area contributed by atoms with Crippen molar-refractivity contribution in [2.75, 3.05) is 6.54 Å². The Hall–Kier alpha value is -0.0800. The third kappa shape index (κ3) is 1.27. The summed E-state index contributed by atoms with van der Waals surface area (Å²) < 4.78 is 0. The molecule has 12 heavy (non-hydrogen) atoms. The monoisotopic (exact) mass is 169 g/mol. The maximum absolute atomic E-state index is 10.1. The Labute approximate surface area is 74.1 Å². The first-order chi connectivity index (χ1) is 5.78. The van der Waals surface area contributed by atoms with Crippen molar-refractivity contribution in [1.29, 1.82) is 0 Å². The van der Waals surface area contributed by atoms with Crippen molar-refractivity contribution in [2.45, 2.75) is 44.6 Å². The van der Waals surface area contributed by atoms with Crippen LogP contribution in [0.5, 0.6) is 0 Å². The van der Waals surface area contributed by atoms with E-state index in [1.54, 1.807) is 0 Å². The minimum Gasteiger partial charge on any atom is -0.392 e. The summed E-state index contributed by atoms with van der Waals surface area (Å²) in [6, 6.07) is 0. The van der Waals surface area contributed by atoms with E-state index < -0.39 is 0 Å². The predicted octanol–water partition coefficient (Wildman–Crippen LogP) is 1.28. The van der Waals surface area contributed by atoms with Crippen molar-refractivity contribution in [3.05, 3.63) is 0 Å². The molecule has 0 radical (unpaired) electrons. The van der Waals surface area contributed by atoms with Gasteiger partial charge in [0.15, 0.2) is 0 Å². The van der Waals surface area contributed by atoms with Gasteiger partial charge in [0.1, 0.15) is 0 Å². The van der Waals surface area contributed by atoms with Crippen LogP contribution < -0.4 is 5.73 Å². The SMILES string of the molecule is NCC1([C@@H](O)C2CCCC2)CC1. The summed E-state index contributed by atoms with van der Waals surface area (Å²) in [5.74, 6) is 0.566. The van der Waals surface area contributed by atoms with Crippen LogP contribution in [0.25, 0.3) is 0 Å². The van der Waals surface area contributed by atoms with Crippen molar-refractivity contribution in [3.63, 3.8) is 0 Å². The molecule has 3 N–H and O–H groups in total. The van der Waals surface area contributed by atoms with Gasteiger partial charge in [-0.25, -0.2) is 0 Å². The third-order valence-corrected chi connectivity index (χ3v) is 3.77. The zero-order valence-electron chi connectivity index (χ0n) is 7.63. The fraction of sp³-hybridized carbons (Fsp3) is 1.00. The van der Waals surface area contributed by atoms with Gasteiger partial charge >= 0.3 is 0 Å². The Balaban J connectivity index is 1.94. The van der Waals surface area contributed by atoms with Crippen LogP contribution in [0.1, 0.15) is 38.5 Å². The fourth-order valence-electron chi connectivity index (χ4n) is 2.55. The molecule has 0 saturated heterocycles. The average Bonchev–Trinajstić information content (AvgIpc) is 2.71. The molecule has 0 aromatic carbocycles. The van der Waals surface area contributed by atoms with Gasteiger partial charge in [-0.1, -0.05) is 12.8 Å². The minimum absolute atomic E-state index is 0.0926. The summed E-state index contributed by atoms with van der Waals surface area (Å²) >= 11 is 0. The van der Waals surface area contributed by atoms with Crippen LogP contribution in [0.15, 0.2) is 0 Å². The standard InChI is InChI=1S/C10H19NO/c11-7-10(5-6-10)9(12)8-3-1-2-4-8/h8-9,12H,1-7,11H2/t9-/m0/s1. The molecule has 1 atom stereocenters. The van der Waals surface area contributed by atoms with Gasteiger partial charge in [-0.3, -0.25) is 0 Å². The molecule has 2 aliphatic carbocycles. The lowest BCUT2D eigenvalue weighted by Crippen LogP contribution is -2.34. The molecular weight excluding hydrogens is 150 g/mol. The zero-order valence-corrected chi connectivity index (χ0v) is 7.63. The fourth-order valence-corrected chi connectivity index (χ4v) is 2.55. The summed E-state index contributed by atoms with van der Waals surface area (Å²) in [5, 5.41) is 10.1. The van der Waals surface area contributed by atoms with Crippen molar-refractivity contribution < 1.29 is 5.11 Å². The number of aliphatic hydroxyl groups is 1. The van der Waals surface area contributed by atoms with Gasteiger partial charge in [0.2, 0.25) is 0 Å². The van der Waals surface area contributed by atoms with Crippen LogP contribution in [0.2, 0.25) is 0 Å². The second-order valence-electron chi connectivity index (χ2n) is 4.56. The lowest BCUT2D eigenvalue weighted by molar-refractivity contribution is 0.0430. The summed E-state index contributed by atoms with van der Waals surface area (Å²) in [7, 11) is 0. The quantitative estimate of drug-likeness (QED) is 0.668. The number of rotatable bonds is 3. The van der Waals surface area contributed by atoms with Crippen molar-refractivity contribution in [1.82, 2.24) is 0 Å². The van der Waals surface area contributed by atoms with Crippen LogP contribution in [-0.2, 0) is 0 Å². The average molecular weight is 169 g/mol. The van der Waals surface area contributed by atoms with Gasteiger partial charge < -0.3 is 10.8 Å². The van der Waals surface area contributed by atoms with E-state index in [0.29, 0.717) is 12.5 Å². The zero-order chi connectivity index (χ0) is 8.60. The first kappa shape index (κ1) is 8.52. The van der Waals surface area contributed by atoms with E-state index in [-0.39, 0.29) is 11.5 Å². The molecule has 2 nitrogen and oxygen atoms in total. The van der Waals surface area contributed by atoms with Crippen LogP contribution in [0, 0.1) is 11.3 Å². The number of aliphatic hydroxyl groups excluding tert-OH is 1. The van der Waals surface area contributed by atoms with Crippen molar-refractivity contribution >= 4 is 0 Å². The molecule has 0 amide bonds. The van der Waals surface area contributed by atoms with E-state index in [0.717, 1.165) is 12.8 Å². The maximum Gasteiger partial charge on any atom is 0.0636 e. The van der Waals surface area contributed by atoms with E-state index in [1.807, 2.05) is 0 Å². The highest BCUT2D eigenvalue weighted by atomic mass is 16.3. The van der Waals surface area contributed by atoms with Crippen LogP contribution in [-0.4, -0.2) is 17.8 Å². The summed E-state index contributed by atoms with van der Waals surface area (Å²) in [5.41, 5.74) is 5.83. The van der Waals surface area contributed by atoms with Gasteiger partial charge in [0, 0.05) is 12.0 Å². The molecule has 0 aromatic rings. The number of hydrogen-bond acceptors (Lipinski definition) is 2. The first-order valence-corrected chi connectivity index (χ1v) is 5.17. The Morgan fingerprint density at radius 3 is 2.33 bits per heavy atom. The van der Waals surface area contributed by atoms with Gasteiger partial charge in [-0.15, -0.1) is 0 Å². The van der Waals surface area contributed by atoms with E-state index in [1.165, 1.54) is 25.7 Å². The number of hydrogen-bond donors (Lipinski definition) is 2. The van der Waals surface area contributed by atoms with E-state index >= 15 is 0 Å². The molecule has 2 saturated carbocycles. The van der Waals surface area contributed by atoms with Gasteiger partial charge in [0.05, 0.1) is 6.10 Å². The van der Waals surface area contributed by atoms with E-state index in [4.69, 9.17) is 5.73 Å². The van der Waals surface area contributed by atoms with Crippen molar-refractivity contribution in [2.24, 2.45) is 17.1 Å². The molecule has 2 heteroatoms. The summed E-state index contributed by atoms with van der Waals surface area (Å²) in [6.45, 7) is 0.685. The third-order valence-electron chi connectivity index (χ3n) is 3.77. The molecule has 2 rings (SSSR count). The second kappa shape index (κ2) is 3.00. The Morgan fingerprint density at radius 1 is 1.33 bits per heavy atom. The lowest BCUT2D eigenvalue weighted by atomic mass is 9.87. The number of nitrogens with two attached hydrogens (primary N) is 1. The smallest absolute Gasteiger partial charge is 0.0636 e. The predicted molar refractivity (Wildman–Crippen MR) is 48.7 cm³/mol. The van der Waals surface area contributed by atoms with Crippen molar-refractivity contribution in [3.8, 4) is 0 Å². The van der Waals surface area contributed by atoms with Crippen LogP contribution >= 0.6 is 0 Å². The molecule has 0 bridgehead atoms. The molecular formula is C10H19NO. The summed E-state index contributed by atoms with van der Waals surface area (Å²) in [4.78, 5) is 0. The van der Waals surface area contributed by atoms with Crippen LogP contribution in [0.3, 0.4) is 0 Å². The molecule has 0 heterocycles. The highest BCUT2D eigenvalue weighted by Gasteiger charge is 2.50.